The summed E-state index contributed by atoms with van der Waals surface area (Å²) in [4.78, 5) is 18.3. The van der Waals surface area contributed by atoms with E-state index in [1.165, 1.54) is 11.6 Å². The zero-order chi connectivity index (χ0) is 26.7. The quantitative estimate of drug-likeness (QED) is 0.288. The van der Waals surface area contributed by atoms with Gasteiger partial charge in [0, 0.05) is 24.2 Å². The van der Waals surface area contributed by atoms with Gasteiger partial charge in [-0.1, -0.05) is 53.7 Å². The maximum absolute atomic E-state index is 13.9. The number of fused-ring (bicyclic) bond motifs is 1. The number of alkyl halides is 3. The third-order valence-electron chi connectivity index (χ3n) is 6.60. The number of hydrogen-bond donors (Lipinski definition) is 0. The number of benzene rings is 3. The Morgan fingerprint density at radius 2 is 1.68 bits per heavy atom. The van der Waals surface area contributed by atoms with Crippen LogP contribution in [0.1, 0.15) is 23.6 Å². The van der Waals surface area contributed by atoms with Crippen molar-refractivity contribution in [2.75, 3.05) is 26.2 Å². The highest BCUT2D eigenvalue weighted by molar-refractivity contribution is 5.73. The smallest absolute Gasteiger partial charge is 0.417 e. The zero-order valence-corrected chi connectivity index (χ0v) is 20.8. The van der Waals surface area contributed by atoms with E-state index in [9.17, 15) is 18.0 Å². The summed E-state index contributed by atoms with van der Waals surface area (Å²) in [5.41, 5.74) is 3.00. The highest BCUT2D eigenvalue weighted by atomic mass is 19.4. The van der Waals surface area contributed by atoms with Gasteiger partial charge >= 0.3 is 12.1 Å². The lowest BCUT2D eigenvalue weighted by molar-refractivity contribution is -0.144. The molecule has 0 saturated heterocycles. The van der Waals surface area contributed by atoms with Crippen LogP contribution in [-0.2, 0) is 28.5 Å². The number of halogens is 3. The minimum atomic E-state index is -4.55. The second kappa shape index (κ2) is 10.8. The van der Waals surface area contributed by atoms with Crippen LogP contribution in [0.2, 0.25) is 0 Å². The van der Waals surface area contributed by atoms with Gasteiger partial charge in [-0.05, 0) is 60.2 Å². The van der Waals surface area contributed by atoms with E-state index in [0.717, 1.165) is 36.6 Å². The summed E-state index contributed by atoms with van der Waals surface area (Å²) in [6.07, 6.45) is -3.02. The molecule has 1 aliphatic rings. The molecule has 0 amide bonds. The number of carbonyl (C=O) groups is 1. The van der Waals surface area contributed by atoms with Crippen LogP contribution >= 0.6 is 0 Å². The van der Waals surface area contributed by atoms with Crippen molar-refractivity contribution in [3.63, 3.8) is 0 Å². The van der Waals surface area contributed by atoms with Gasteiger partial charge in [0.1, 0.15) is 0 Å². The molecule has 0 fully saturated rings. The van der Waals surface area contributed by atoms with E-state index in [1.807, 2.05) is 18.2 Å². The predicted octanol–water partition coefficient (Wildman–Crippen LogP) is 6.05. The predicted molar refractivity (Wildman–Crippen MR) is 136 cm³/mol. The van der Waals surface area contributed by atoms with Gasteiger partial charge in [0.05, 0.1) is 18.7 Å². The molecule has 0 radical (unpaired) electrons. The van der Waals surface area contributed by atoms with Gasteiger partial charge in [0.25, 0.3) is 5.89 Å². The molecule has 0 atom stereocenters. The summed E-state index contributed by atoms with van der Waals surface area (Å²) in [7, 11) is 0. The first-order valence-corrected chi connectivity index (χ1v) is 12.4. The lowest BCUT2D eigenvalue weighted by atomic mass is 9.97. The van der Waals surface area contributed by atoms with Crippen LogP contribution in [0.4, 0.5) is 13.2 Å². The molecule has 0 spiro atoms. The second-order valence-corrected chi connectivity index (χ2v) is 9.11. The standard InChI is InChI=1S/C29H26F3N3O3/c1-2-37-26(36)18-35-14-12-19-8-9-22(16-21(19)13-15-35)27-33-28(38-34-27)23-10-11-24(20-6-4-3-5-7-20)25(17-23)29(30,31)32/h3-11,16-17H,2,12-15,18H2,1H3. The van der Waals surface area contributed by atoms with Crippen LogP contribution in [0.15, 0.2) is 71.3 Å². The molecular weight excluding hydrogens is 495 g/mol. The average molecular weight is 522 g/mol. The van der Waals surface area contributed by atoms with Crippen molar-refractivity contribution in [2.45, 2.75) is 25.9 Å². The minimum absolute atomic E-state index is 0.0145. The number of aromatic nitrogens is 2. The number of carbonyl (C=O) groups excluding carboxylic acids is 1. The summed E-state index contributed by atoms with van der Waals surface area (Å²) >= 11 is 0. The van der Waals surface area contributed by atoms with Gasteiger partial charge in [-0.3, -0.25) is 9.69 Å². The molecule has 0 bridgehead atoms. The van der Waals surface area contributed by atoms with Crippen molar-refractivity contribution >= 4 is 5.97 Å². The molecule has 0 saturated carbocycles. The van der Waals surface area contributed by atoms with Crippen LogP contribution in [0.25, 0.3) is 34.0 Å². The van der Waals surface area contributed by atoms with Gasteiger partial charge in [0.2, 0.25) is 5.82 Å². The van der Waals surface area contributed by atoms with Gasteiger partial charge < -0.3 is 9.26 Å². The van der Waals surface area contributed by atoms with Crippen molar-refractivity contribution in [3.8, 4) is 34.0 Å². The van der Waals surface area contributed by atoms with E-state index in [1.54, 1.807) is 43.3 Å². The fraction of sp³-hybridized carbons (Fsp3) is 0.276. The first kappa shape index (κ1) is 25.7. The highest BCUT2D eigenvalue weighted by Crippen LogP contribution is 2.39. The third kappa shape index (κ3) is 5.62. The number of hydrogen-bond acceptors (Lipinski definition) is 6. The molecule has 3 aromatic carbocycles. The van der Waals surface area contributed by atoms with Crippen molar-refractivity contribution < 1.29 is 27.2 Å². The van der Waals surface area contributed by atoms with Crippen molar-refractivity contribution in [1.82, 2.24) is 15.0 Å². The zero-order valence-electron chi connectivity index (χ0n) is 20.8. The SMILES string of the molecule is CCOC(=O)CN1CCc2ccc(-c3noc(-c4ccc(-c5ccccc5)c(C(F)(F)F)c4)n3)cc2CC1. The van der Waals surface area contributed by atoms with Gasteiger partial charge in [0.15, 0.2) is 0 Å². The van der Waals surface area contributed by atoms with Crippen LogP contribution in [0.3, 0.4) is 0 Å². The Morgan fingerprint density at radius 3 is 2.42 bits per heavy atom. The molecule has 0 N–H and O–H groups in total. The Morgan fingerprint density at radius 1 is 0.947 bits per heavy atom. The first-order valence-electron chi connectivity index (χ1n) is 12.4. The van der Waals surface area contributed by atoms with Gasteiger partial charge in [-0.2, -0.15) is 18.2 Å². The number of esters is 1. The van der Waals surface area contributed by atoms with E-state index >= 15 is 0 Å². The highest BCUT2D eigenvalue weighted by Gasteiger charge is 2.34. The molecule has 1 aromatic heterocycles. The summed E-state index contributed by atoms with van der Waals surface area (Å²) in [5.74, 6) is 0.0840. The monoisotopic (exact) mass is 521 g/mol. The van der Waals surface area contributed by atoms with E-state index in [-0.39, 0.29) is 29.5 Å². The minimum Gasteiger partial charge on any atom is -0.465 e. The van der Waals surface area contributed by atoms with Crippen molar-refractivity contribution in [3.05, 3.63) is 83.4 Å². The first-order chi connectivity index (χ1) is 18.3. The lowest BCUT2D eigenvalue weighted by Crippen LogP contribution is -2.33. The number of nitrogens with zero attached hydrogens (tertiary/aromatic N) is 3. The molecule has 9 heteroatoms. The Kier molecular flexibility index (Phi) is 7.28. The second-order valence-electron chi connectivity index (χ2n) is 9.11. The maximum Gasteiger partial charge on any atom is 0.417 e. The molecule has 0 aliphatic carbocycles. The molecule has 1 aliphatic heterocycles. The molecule has 38 heavy (non-hydrogen) atoms. The maximum atomic E-state index is 13.9. The molecule has 4 aromatic rings. The molecule has 5 rings (SSSR count). The molecule has 6 nitrogen and oxygen atoms in total. The fourth-order valence-corrected chi connectivity index (χ4v) is 4.70. The normalized spacial score (nSPS) is 14.1. The summed E-state index contributed by atoms with van der Waals surface area (Å²) in [5, 5.41) is 4.04. The van der Waals surface area contributed by atoms with Crippen molar-refractivity contribution in [1.29, 1.82) is 0 Å². The van der Waals surface area contributed by atoms with E-state index < -0.39 is 11.7 Å². The van der Waals surface area contributed by atoms with Gasteiger partial charge in [-0.25, -0.2) is 0 Å². The van der Waals surface area contributed by atoms with Crippen LogP contribution in [0.5, 0.6) is 0 Å². The molecule has 196 valence electrons. The molecular formula is C29H26F3N3O3. The number of rotatable bonds is 6. The fourth-order valence-electron chi connectivity index (χ4n) is 4.70. The van der Waals surface area contributed by atoms with Crippen LogP contribution in [-0.4, -0.2) is 47.3 Å². The largest absolute Gasteiger partial charge is 0.465 e. The number of ether oxygens (including phenoxy) is 1. The Hall–Kier alpha value is -3.98. The summed E-state index contributed by atoms with van der Waals surface area (Å²) < 4.78 is 52.2. The summed E-state index contributed by atoms with van der Waals surface area (Å²) in [6.45, 7) is 3.86. The topological polar surface area (TPSA) is 68.5 Å². The van der Waals surface area contributed by atoms with E-state index in [2.05, 4.69) is 15.0 Å². The lowest BCUT2D eigenvalue weighted by Gasteiger charge is -2.18. The van der Waals surface area contributed by atoms with E-state index in [0.29, 0.717) is 24.5 Å². The Bertz CT molecular complexity index is 1430. The Labute approximate surface area is 218 Å². The van der Waals surface area contributed by atoms with Gasteiger partial charge in [-0.15, -0.1) is 0 Å². The summed E-state index contributed by atoms with van der Waals surface area (Å²) in [6, 6.07) is 18.4. The van der Waals surface area contributed by atoms with E-state index in [4.69, 9.17) is 9.26 Å². The third-order valence-corrected chi connectivity index (χ3v) is 6.60. The Balaban J connectivity index is 1.38. The van der Waals surface area contributed by atoms with Crippen LogP contribution in [0, 0.1) is 0 Å². The molecule has 0 unspecified atom stereocenters. The van der Waals surface area contributed by atoms with Crippen molar-refractivity contribution in [2.24, 2.45) is 0 Å². The van der Waals surface area contributed by atoms with Crippen LogP contribution < -0.4 is 0 Å². The average Bonchev–Trinajstić information content (AvgIpc) is 3.32. The molecule has 2 heterocycles.